The first kappa shape index (κ1) is 16.4. The molecule has 24 heavy (non-hydrogen) atoms. The molecule has 1 atom stereocenters. The molecular weight excluding hydrogens is 320 g/mol. The van der Waals surface area contributed by atoms with Crippen molar-refractivity contribution < 1.29 is 4.79 Å². The van der Waals surface area contributed by atoms with Crippen LogP contribution in [0.25, 0.3) is 6.08 Å². The number of nitrogens with zero attached hydrogens (tertiary/aromatic N) is 3. The van der Waals surface area contributed by atoms with Gasteiger partial charge in [-0.25, -0.2) is 0 Å². The number of aromatic nitrogens is 2. The molecule has 0 radical (unpaired) electrons. The van der Waals surface area contributed by atoms with Crippen molar-refractivity contribution in [3.05, 3.63) is 58.5 Å². The summed E-state index contributed by atoms with van der Waals surface area (Å²) in [5, 5.41) is 7.87. The summed E-state index contributed by atoms with van der Waals surface area (Å²) < 4.78 is 1.81. The zero-order valence-electron chi connectivity index (χ0n) is 14.2. The third-order valence-electron chi connectivity index (χ3n) is 4.43. The van der Waals surface area contributed by atoms with Crippen molar-refractivity contribution in [2.75, 3.05) is 0 Å². The number of hydrogen-bond acceptors (Lipinski definition) is 3. The lowest BCUT2D eigenvalue weighted by atomic mass is 10.1. The SMILES string of the molecule is Cc1nn(C)c(C)c1/C=C1/NC(=S)N([C@H](C)c2ccccc2)C1=O. The van der Waals surface area contributed by atoms with Gasteiger partial charge in [-0.2, -0.15) is 5.10 Å². The van der Waals surface area contributed by atoms with Gasteiger partial charge in [0.25, 0.3) is 5.91 Å². The first-order valence-corrected chi connectivity index (χ1v) is 8.22. The van der Waals surface area contributed by atoms with Gasteiger partial charge in [-0.3, -0.25) is 14.4 Å². The highest BCUT2D eigenvalue weighted by molar-refractivity contribution is 7.80. The number of amides is 1. The molecule has 0 spiro atoms. The molecule has 0 unspecified atom stereocenters. The normalized spacial score (nSPS) is 17.5. The molecule has 0 saturated carbocycles. The Morgan fingerprint density at radius 1 is 1.25 bits per heavy atom. The molecule has 2 aromatic rings. The topological polar surface area (TPSA) is 50.2 Å². The van der Waals surface area contributed by atoms with Gasteiger partial charge in [-0.05, 0) is 44.6 Å². The average Bonchev–Trinajstić information content (AvgIpc) is 2.98. The Morgan fingerprint density at radius 2 is 1.92 bits per heavy atom. The second-order valence-electron chi connectivity index (χ2n) is 5.96. The minimum atomic E-state index is -0.124. The Labute approximate surface area is 147 Å². The summed E-state index contributed by atoms with van der Waals surface area (Å²) in [5.41, 5.74) is 4.38. The Bertz CT molecular complexity index is 838. The number of rotatable bonds is 3. The third kappa shape index (κ3) is 2.73. The predicted molar refractivity (Wildman–Crippen MR) is 98.1 cm³/mol. The fraction of sp³-hybridized carbons (Fsp3) is 0.278. The van der Waals surface area contributed by atoms with Crippen molar-refractivity contribution in [1.29, 1.82) is 0 Å². The zero-order valence-corrected chi connectivity index (χ0v) is 15.0. The van der Waals surface area contributed by atoms with E-state index < -0.39 is 0 Å². The van der Waals surface area contributed by atoms with Gasteiger partial charge in [-0.1, -0.05) is 30.3 Å². The van der Waals surface area contributed by atoms with Gasteiger partial charge in [0.05, 0.1) is 11.7 Å². The number of thiocarbonyl (C=S) groups is 1. The Morgan fingerprint density at radius 3 is 2.50 bits per heavy atom. The van der Waals surface area contributed by atoms with Crippen molar-refractivity contribution in [3.8, 4) is 0 Å². The fourth-order valence-corrected chi connectivity index (χ4v) is 3.28. The number of nitrogens with one attached hydrogen (secondary N) is 1. The van der Waals surface area contributed by atoms with Gasteiger partial charge in [0.1, 0.15) is 5.70 Å². The molecule has 6 heteroatoms. The van der Waals surface area contributed by atoms with Crippen LogP contribution in [-0.2, 0) is 11.8 Å². The summed E-state index contributed by atoms with van der Waals surface area (Å²) in [5.74, 6) is -0.112. The smallest absolute Gasteiger partial charge is 0.277 e. The predicted octanol–water partition coefficient (Wildman–Crippen LogP) is 2.86. The minimum Gasteiger partial charge on any atom is -0.328 e. The maximum atomic E-state index is 12.8. The van der Waals surface area contributed by atoms with E-state index in [4.69, 9.17) is 12.2 Å². The molecule has 3 rings (SSSR count). The largest absolute Gasteiger partial charge is 0.328 e. The summed E-state index contributed by atoms with van der Waals surface area (Å²) in [4.78, 5) is 14.5. The monoisotopic (exact) mass is 340 g/mol. The molecule has 1 aliphatic heterocycles. The summed E-state index contributed by atoms with van der Waals surface area (Å²) in [6.45, 7) is 5.89. The van der Waals surface area contributed by atoms with E-state index in [9.17, 15) is 4.79 Å². The fourth-order valence-electron chi connectivity index (χ4n) is 2.92. The van der Waals surface area contributed by atoms with Gasteiger partial charge < -0.3 is 5.32 Å². The molecule has 1 fully saturated rings. The Balaban J connectivity index is 1.93. The molecule has 1 N–H and O–H groups in total. The summed E-state index contributed by atoms with van der Waals surface area (Å²) in [6, 6.07) is 9.75. The maximum absolute atomic E-state index is 12.8. The van der Waals surface area contributed by atoms with E-state index in [1.54, 1.807) is 4.90 Å². The van der Waals surface area contributed by atoms with Crippen molar-refractivity contribution in [2.24, 2.45) is 7.05 Å². The molecule has 0 bridgehead atoms. The number of carbonyl (C=O) groups is 1. The lowest BCUT2D eigenvalue weighted by Gasteiger charge is -2.23. The van der Waals surface area contributed by atoms with E-state index in [-0.39, 0.29) is 11.9 Å². The first-order chi connectivity index (χ1) is 11.4. The van der Waals surface area contributed by atoms with E-state index in [1.165, 1.54) is 0 Å². The second-order valence-corrected chi connectivity index (χ2v) is 6.34. The van der Waals surface area contributed by atoms with Crippen LogP contribution in [0.3, 0.4) is 0 Å². The second kappa shape index (κ2) is 6.20. The van der Waals surface area contributed by atoms with Crippen LogP contribution in [0.1, 0.15) is 35.5 Å². The lowest BCUT2D eigenvalue weighted by molar-refractivity contribution is -0.123. The molecule has 2 heterocycles. The summed E-state index contributed by atoms with van der Waals surface area (Å²) in [6.07, 6.45) is 1.84. The van der Waals surface area contributed by atoms with Gasteiger partial charge in [-0.15, -0.1) is 0 Å². The van der Waals surface area contributed by atoms with E-state index in [2.05, 4.69) is 10.4 Å². The van der Waals surface area contributed by atoms with Crippen molar-refractivity contribution >= 4 is 29.3 Å². The van der Waals surface area contributed by atoms with Crippen LogP contribution >= 0.6 is 12.2 Å². The van der Waals surface area contributed by atoms with Crippen molar-refractivity contribution in [3.63, 3.8) is 0 Å². The summed E-state index contributed by atoms with van der Waals surface area (Å²) in [7, 11) is 1.89. The first-order valence-electron chi connectivity index (χ1n) is 7.81. The third-order valence-corrected chi connectivity index (χ3v) is 4.73. The molecule has 1 aromatic heterocycles. The quantitative estimate of drug-likeness (QED) is 0.689. The Kier molecular flexibility index (Phi) is 4.24. The van der Waals surface area contributed by atoms with Crippen LogP contribution in [0.4, 0.5) is 0 Å². The van der Waals surface area contributed by atoms with E-state index in [0.29, 0.717) is 10.8 Å². The molecule has 124 valence electrons. The molecule has 5 nitrogen and oxygen atoms in total. The van der Waals surface area contributed by atoms with Crippen molar-refractivity contribution in [1.82, 2.24) is 20.0 Å². The number of benzene rings is 1. The molecule has 1 aliphatic rings. The summed E-state index contributed by atoms with van der Waals surface area (Å²) >= 11 is 5.39. The molecule has 1 saturated heterocycles. The van der Waals surface area contributed by atoms with Crippen LogP contribution in [0.2, 0.25) is 0 Å². The van der Waals surface area contributed by atoms with Gasteiger partial charge in [0.2, 0.25) is 0 Å². The zero-order chi connectivity index (χ0) is 17.4. The van der Waals surface area contributed by atoms with E-state index in [0.717, 1.165) is 22.5 Å². The van der Waals surface area contributed by atoms with Gasteiger partial charge in [0, 0.05) is 18.3 Å². The lowest BCUT2D eigenvalue weighted by Crippen LogP contribution is -2.33. The Hall–Kier alpha value is -2.47. The van der Waals surface area contributed by atoms with Crippen LogP contribution in [0.15, 0.2) is 36.0 Å². The van der Waals surface area contributed by atoms with Crippen LogP contribution in [-0.4, -0.2) is 25.7 Å². The van der Waals surface area contributed by atoms with Gasteiger partial charge in [0.15, 0.2) is 5.11 Å². The van der Waals surface area contributed by atoms with E-state index in [1.807, 2.05) is 68.9 Å². The highest BCUT2D eigenvalue weighted by Crippen LogP contribution is 2.27. The molecular formula is C18H20N4OS. The average molecular weight is 340 g/mol. The molecule has 0 aliphatic carbocycles. The minimum absolute atomic E-state index is 0.112. The van der Waals surface area contributed by atoms with Gasteiger partial charge >= 0.3 is 0 Å². The molecule has 1 aromatic carbocycles. The van der Waals surface area contributed by atoms with Crippen LogP contribution < -0.4 is 5.32 Å². The number of hydrogen-bond donors (Lipinski definition) is 1. The molecule has 1 amide bonds. The van der Waals surface area contributed by atoms with E-state index >= 15 is 0 Å². The van der Waals surface area contributed by atoms with Crippen LogP contribution in [0, 0.1) is 13.8 Å². The number of carbonyl (C=O) groups excluding carboxylic acids is 1. The highest BCUT2D eigenvalue weighted by atomic mass is 32.1. The van der Waals surface area contributed by atoms with Crippen molar-refractivity contribution in [2.45, 2.75) is 26.8 Å². The standard InChI is InChI=1S/C18H20N4OS/c1-11-15(13(3)21(4)20-11)10-16-17(23)22(18(24)19-16)12(2)14-8-6-5-7-9-14/h5-10,12H,1-4H3,(H,19,24)/b16-10+/t12-/m1/s1. The number of aryl methyl sites for hydroxylation is 2. The van der Waals surface area contributed by atoms with Crippen LogP contribution in [0.5, 0.6) is 0 Å². The maximum Gasteiger partial charge on any atom is 0.277 e. The highest BCUT2D eigenvalue weighted by Gasteiger charge is 2.35.